The van der Waals surface area contributed by atoms with Gasteiger partial charge in [0.1, 0.15) is 11.6 Å². The molecule has 3 rings (SSSR count). The van der Waals surface area contributed by atoms with Crippen LogP contribution in [0.5, 0.6) is 5.88 Å². The molecule has 0 radical (unpaired) electrons. The van der Waals surface area contributed by atoms with Crippen molar-refractivity contribution in [1.29, 1.82) is 0 Å². The zero-order chi connectivity index (χ0) is 16.4. The van der Waals surface area contributed by atoms with Gasteiger partial charge in [-0.3, -0.25) is 4.90 Å². The normalized spacial score (nSPS) is 24.0. The lowest BCUT2D eigenvalue weighted by atomic mass is 10.0. The van der Waals surface area contributed by atoms with E-state index in [9.17, 15) is 0 Å². The number of ether oxygens (including phenoxy) is 2. The number of aryl methyl sites for hydroxylation is 1. The van der Waals surface area contributed by atoms with Gasteiger partial charge in [0.05, 0.1) is 25.4 Å². The van der Waals surface area contributed by atoms with Crippen LogP contribution in [-0.2, 0) is 4.74 Å². The summed E-state index contributed by atoms with van der Waals surface area (Å²) >= 11 is 0. The van der Waals surface area contributed by atoms with Gasteiger partial charge in [-0.05, 0) is 33.6 Å². The number of morpholine rings is 1. The fraction of sp³-hybridized carbons (Fsp3) is 0.765. The molecule has 0 bridgehead atoms. The molecule has 2 saturated heterocycles. The Morgan fingerprint density at radius 2 is 1.87 bits per heavy atom. The molecule has 0 aliphatic carbocycles. The monoisotopic (exact) mass is 320 g/mol. The largest absolute Gasteiger partial charge is 0.481 e. The van der Waals surface area contributed by atoms with Gasteiger partial charge in [-0.2, -0.15) is 4.98 Å². The van der Waals surface area contributed by atoms with E-state index in [-0.39, 0.29) is 0 Å². The summed E-state index contributed by atoms with van der Waals surface area (Å²) < 4.78 is 11.0. The van der Waals surface area contributed by atoms with Gasteiger partial charge in [0, 0.05) is 32.2 Å². The molecule has 0 aromatic carbocycles. The van der Waals surface area contributed by atoms with Crippen molar-refractivity contribution in [2.24, 2.45) is 0 Å². The zero-order valence-electron chi connectivity index (χ0n) is 14.7. The molecular formula is C17H28N4O2. The van der Waals surface area contributed by atoms with E-state index in [1.807, 2.05) is 13.8 Å². The van der Waals surface area contributed by atoms with Crippen LogP contribution >= 0.6 is 0 Å². The van der Waals surface area contributed by atoms with Crippen LogP contribution in [0.15, 0.2) is 0 Å². The number of nitrogens with zero attached hydrogens (tertiary/aromatic N) is 4. The standard InChI is InChI=1S/C17H28N4O2/c1-12-11-21(9-10-23-12)15-5-7-20(8-6-15)16-13(2)17(22-4)19-14(3)18-16/h12,15H,5-11H2,1-4H3. The molecule has 1 atom stereocenters. The van der Waals surface area contributed by atoms with Gasteiger partial charge in [0.25, 0.3) is 0 Å². The molecule has 1 unspecified atom stereocenters. The molecule has 0 spiro atoms. The van der Waals surface area contributed by atoms with E-state index < -0.39 is 0 Å². The summed E-state index contributed by atoms with van der Waals surface area (Å²) in [4.78, 5) is 14.0. The van der Waals surface area contributed by atoms with Crippen LogP contribution in [0.1, 0.15) is 31.2 Å². The minimum atomic E-state index is 0.359. The van der Waals surface area contributed by atoms with Crippen LogP contribution in [0.25, 0.3) is 0 Å². The van der Waals surface area contributed by atoms with Gasteiger partial charge in [0.2, 0.25) is 5.88 Å². The minimum Gasteiger partial charge on any atom is -0.481 e. The van der Waals surface area contributed by atoms with E-state index in [1.165, 1.54) is 12.8 Å². The Kier molecular flexibility index (Phi) is 5.02. The second-order valence-electron chi connectivity index (χ2n) is 6.62. The van der Waals surface area contributed by atoms with Crippen molar-refractivity contribution in [3.05, 3.63) is 11.4 Å². The Morgan fingerprint density at radius 1 is 1.13 bits per heavy atom. The third-order valence-corrected chi connectivity index (χ3v) is 4.93. The molecule has 2 fully saturated rings. The Balaban J connectivity index is 1.66. The quantitative estimate of drug-likeness (QED) is 0.846. The zero-order valence-corrected chi connectivity index (χ0v) is 14.7. The summed E-state index contributed by atoms with van der Waals surface area (Å²) in [5, 5.41) is 0. The molecule has 0 amide bonds. The maximum Gasteiger partial charge on any atom is 0.221 e. The van der Waals surface area contributed by atoms with Crippen LogP contribution in [0.4, 0.5) is 5.82 Å². The number of rotatable bonds is 3. The molecule has 0 saturated carbocycles. The first-order valence-corrected chi connectivity index (χ1v) is 8.58. The van der Waals surface area contributed by atoms with E-state index in [4.69, 9.17) is 9.47 Å². The summed E-state index contributed by atoms with van der Waals surface area (Å²) in [5.41, 5.74) is 1.04. The minimum absolute atomic E-state index is 0.359. The Morgan fingerprint density at radius 3 is 2.52 bits per heavy atom. The summed E-state index contributed by atoms with van der Waals surface area (Å²) in [7, 11) is 1.67. The number of aromatic nitrogens is 2. The molecular weight excluding hydrogens is 292 g/mol. The smallest absolute Gasteiger partial charge is 0.221 e. The summed E-state index contributed by atoms with van der Waals surface area (Å²) in [5.74, 6) is 2.49. The van der Waals surface area contributed by atoms with E-state index in [2.05, 4.69) is 26.7 Å². The highest BCUT2D eigenvalue weighted by Gasteiger charge is 2.29. The van der Waals surface area contributed by atoms with Crippen molar-refractivity contribution >= 4 is 5.82 Å². The lowest BCUT2D eigenvalue weighted by Crippen LogP contribution is -2.51. The number of hydrogen-bond donors (Lipinski definition) is 0. The Labute approximate surface area is 138 Å². The van der Waals surface area contributed by atoms with Crippen molar-refractivity contribution < 1.29 is 9.47 Å². The van der Waals surface area contributed by atoms with E-state index in [0.717, 1.165) is 50.0 Å². The lowest BCUT2D eigenvalue weighted by Gasteiger charge is -2.42. The third kappa shape index (κ3) is 3.58. The van der Waals surface area contributed by atoms with E-state index >= 15 is 0 Å². The van der Waals surface area contributed by atoms with Gasteiger partial charge in [0.15, 0.2) is 0 Å². The molecule has 23 heavy (non-hydrogen) atoms. The van der Waals surface area contributed by atoms with Crippen molar-refractivity contribution in [2.75, 3.05) is 44.8 Å². The second-order valence-corrected chi connectivity index (χ2v) is 6.62. The van der Waals surface area contributed by atoms with Gasteiger partial charge >= 0.3 is 0 Å². The Hall–Kier alpha value is -1.40. The second kappa shape index (κ2) is 7.01. The lowest BCUT2D eigenvalue weighted by molar-refractivity contribution is -0.0373. The maximum absolute atomic E-state index is 5.66. The van der Waals surface area contributed by atoms with Crippen molar-refractivity contribution in [1.82, 2.24) is 14.9 Å². The number of piperidine rings is 1. The SMILES string of the molecule is COc1nc(C)nc(N2CCC(N3CCOC(C)C3)CC2)c1C. The van der Waals surface area contributed by atoms with Crippen LogP contribution in [0.2, 0.25) is 0 Å². The van der Waals surface area contributed by atoms with Crippen LogP contribution < -0.4 is 9.64 Å². The highest BCUT2D eigenvalue weighted by molar-refractivity contribution is 5.51. The first-order valence-electron chi connectivity index (χ1n) is 8.58. The van der Waals surface area contributed by atoms with Crippen LogP contribution in [0, 0.1) is 13.8 Å². The average molecular weight is 320 g/mol. The van der Waals surface area contributed by atoms with Crippen molar-refractivity contribution in [2.45, 2.75) is 45.8 Å². The summed E-state index contributed by atoms with van der Waals surface area (Å²) in [6.07, 6.45) is 2.72. The Bertz CT molecular complexity index is 544. The fourth-order valence-electron chi connectivity index (χ4n) is 3.72. The molecule has 3 heterocycles. The molecule has 1 aromatic heterocycles. The third-order valence-electron chi connectivity index (χ3n) is 4.93. The van der Waals surface area contributed by atoms with E-state index in [1.54, 1.807) is 7.11 Å². The number of hydrogen-bond acceptors (Lipinski definition) is 6. The molecule has 1 aromatic rings. The van der Waals surface area contributed by atoms with Gasteiger partial charge in [-0.1, -0.05) is 0 Å². The fourth-order valence-corrected chi connectivity index (χ4v) is 3.72. The van der Waals surface area contributed by atoms with Crippen LogP contribution in [0.3, 0.4) is 0 Å². The van der Waals surface area contributed by atoms with Crippen molar-refractivity contribution in [3.63, 3.8) is 0 Å². The first-order chi connectivity index (χ1) is 11.1. The predicted molar refractivity (Wildman–Crippen MR) is 90.3 cm³/mol. The van der Waals surface area contributed by atoms with E-state index in [0.29, 0.717) is 18.0 Å². The average Bonchev–Trinajstić information content (AvgIpc) is 2.57. The molecule has 2 aliphatic heterocycles. The molecule has 2 aliphatic rings. The van der Waals surface area contributed by atoms with Crippen LogP contribution in [-0.4, -0.2) is 66.9 Å². The number of methoxy groups -OCH3 is 1. The number of anilines is 1. The topological polar surface area (TPSA) is 50.7 Å². The predicted octanol–water partition coefficient (Wildman–Crippen LogP) is 1.79. The van der Waals surface area contributed by atoms with Gasteiger partial charge in [-0.15, -0.1) is 0 Å². The van der Waals surface area contributed by atoms with Gasteiger partial charge < -0.3 is 14.4 Å². The summed E-state index contributed by atoms with van der Waals surface area (Å²) in [6, 6.07) is 0.669. The van der Waals surface area contributed by atoms with Crippen molar-refractivity contribution in [3.8, 4) is 5.88 Å². The highest BCUT2D eigenvalue weighted by atomic mass is 16.5. The first kappa shape index (κ1) is 16.5. The maximum atomic E-state index is 5.66. The molecule has 0 N–H and O–H groups in total. The summed E-state index contributed by atoms with van der Waals surface area (Å²) in [6.45, 7) is 11.2. The molecule has 128 valence electrons. The molecule has 6 heteroatoms. The van der Waals surface area contributed by atoms with Gasteiger partial charge in [-0.25, -0.2) is 4.98 Å². The highest BCUT2D eigenvalue weighted by Crippen LogP contribution is 2.28. The molecule has 6 nitrogen and oxygen atoms in total.